The van der Waals surface area contributed by atoms with Crippen LogP contribution in [0, 0.1) is 11.3 Å². The van der Waals surface area contributed by atoms with E-state index < -0.39 is 0 Å². The third-order valence-electron chi connectivity index (χ3n) is 4.21. The zero-order valence-electron chi connectivity index (χ0n) is 10.7. The summed E-state index contributed by atoms with van der Waals surface area (Å²) in [5.74, 6) is -0.0796. The Hall–Kier alpha value is -0.610. The molecule has 0 radical (unpaired) electrons. The number of carbonyl (C=O) groups excluding carboxylic acids is 1. The minimum absolute atomic E-state index is 0.0711. The minimum Gasteiger partial charge on any atom is -0.379 e. The summed E-state index contributed by atoms with van der Waals surface area (Å²) in [5, 5.41) is 3.07. The molecule has 2 atom stereocenters. The summed E-state index contributed by atoms with van der Waals surface area (Å²) in [6.07, 6.45) is 6.36. The van der Waals surface area contributed by atoms with E-state index in [1.807, 2.05) is 0 Å². The van der Waals surface area contributed by atoms with Gasteiger partial charge in [0.05, 0.1) is 19.1 Å². The van der Waals surface area contributed by atoms with Gasteiger partial charge in [-0.25, -0.2) is 0 Å². The SMILES string of the molecule is CC1(CNC(=O)C2COCC2N)CCCCC1. The first kappa shape index (κ1) is 12.8. The van der Waals surface area contributed by atoms with Crippen molar-refractivity contribution in [3.05, 3.63) is 0 Å². The van der Waals surface area contributed by atoms with Gasteiger partial charge in [0.15, 0.2) is 0 Å². The van der Waals surface area contributed by atoms with Gasteiger partial charge in [-0.3, -0.25) is 4.79 Å². The Morgan fingerprint density at radius 3 is 2.65 bits per heavy atom. The predicted octanol–water partition coefficient (Wildman–Crippen LogP) is 1.05. The molecule has 1 aliphatic heterocycles. The van der Waals surface area contributed by atoms with Gasteiger partial charge in [0, 0.05) is 12.6 Å². The number of hydrogen-bond donors (Lipinski definition) is 2. The van der Waals surface area contributed by atoms with Crippen LogP contribution in [0.2, 0.25) is 0 Å². The highest BCUT2D eigenvalue weighted by atomic mass is 16.5. The van der Waals surface area contributed by atoms with Gasteiger partial charge in [-0.2, -0.15) is 0 Å². The van der Waals surface area contributed by atoms with Crippen LogP contribution in [0.25, 0.3) is 0 Å². The summed E-state index contributed by atoms with van der Waals surface area (Å²) in [5.41, 5.74) is 6.12. The highest BCUT2D eigenvalue weighted by Gasteiger charge is 2.33. The second-order valence-electron chi connectivity index (χ2n) is 5.90. The number of rotatable bonds is 3. The highest BCUT2D eigenvalue weighted by Crippen LogP contribution is 2.35. The lowest BCUT2D eigenvalue weighted by Crippen LogP contribution is -2.44. The number of carbonyl (C=O) groups is 1. The molecule has 0 spiro atoms. The molecular formula is C13H24N2O2. The predicted molar refractivity (Wildman–Crippen MR) is 66.5 cm³/mol. The molecule has 1 aliphatic carbocycles. The third kappa shape index (κ3) is 3.19. The fourth-order valence-corrected chi connectivity index (χ4v) is 2.85. The Bertz CT molecular complexity index is 275. The Morgan fingerprint density at radius 1 is 1.35 bits per heavy atom. The van der Waals surface area contributed by atoms with E-state index in [4.69, 9.17) is 10.5 Å². The van der Waals surface area contributed by atoms with Crippen molar-refractivity contribution in [2.24, 2.45) is 17.1 Å². The lowest BCUT2D eigenvalue weighted by molar-refractivity contribution is -0.125. The first-order chi connectivity index (χ1) is 8.11. The third-order valence-corrected chi connectivity index (χ3v) is 4.21. The van der Waals surface area contributed by atoms with Crippen molar-refractivity contribution in [2.45, 2.75) is 45.1 Å². The van der Waals surface area contributed by atoms with Crippen LogP contribution >= 0.6 is 0 Å². The van der Waals surface area contributed by atoms with Gasteiger partial charge in [0.1, 0.15) is 0 Å². The summed E-state index contributed by atoms with van der Waals surface area (Å²) >= 11 is 0. The first-order valence-electron chi connectivity index (χ1n) is 6.72. The number of nitrogens with two attached hydrogens (primary N) is 1. The summed E-state index contributed by atoms with van der Waals surface area (Å²) in [6.45, 7) is 4.05. The van der Waals surface area contributed by atoms with Crippen LogP contribution < -0.4 is 11.1 Å². The van der Waals surface area contributed by atoms with Crippen LogP contribution in [0.5, 0.6) is 0 Å². The van der Waals surface area contributed by atoms with E-state index in [1.54, 1.807) is 0 Å². The summed E-state index contributed by atoms with van der Waals surface area (Å²) in [6, 6.07) is -0.130. The molecule has 3 N–H and O–H groups in total. The average Bonchev–Trinajstić information content (AvgIpc) is 2.74. The Labute approximate surface area is 103 Å². The second-order valence-corrected chi connectivity index (χ2v) is 5.90. The van der Waals surface area contributed by atoms with Crippen LogP contribution in [0.1, 0.15) is 39.0 Å². The Morgan fingerprint density at radius 2 is 2.06 bits per heavy atom. The van der Waals surface area contributed by atoms with Gasteiger partial charge in [0.25, 0.3) is 0 Å². The standard InChI is InChI=1S/C13H24N2O2/c1-13(5-3-2-4-6-13)9-15-12(16)10-7-17-8-11(10)14/h10-11H,2-9,14H2,1H3,(H,15,16). The van der Waals surface area contributed by atoms with Gasteiger partial charge in [0.2, 0.25) is 5.91 Å². The molecule has 0 aromatic heterocycles. The Balaban J connectivity index is 1.79. The molecule has 98 valence electrons. The minimum atomic E-state index is -0.151. The number of ether oxygens (including phenoxy) is 1. The smallest absolute Gasteiger partial charge is 0.227 e. The quantitative estimate of drug-likeness (QED) is 0.775. The van der Waals surface area contributed by atoms with Crippen molar-refractivity contribution in [1.82, 2.24) is 5.32 Å². The normalized spacial score (nSPS) is 32.4. The maximum Gasteiger partial charge on any atom is 0.227 e. The Kier molecular flexibility index (Phi) is 4.05. The van der Waals surface area contributed by atoms with E-state index in [0.29, 0.717) is 13.2 Å². The van der Waals surface area contributed by atoms with Gasteiger partial charge >= 0.3 is 0 Å². The van der Waals surface area contributed by atoms with E-state index in [1.165, 1.54) is 32.1 Å². The molecule has 2 unspecified atom stereocenters. The largest absolute Gasteiger partial charge is 0.379 e. The van der Waals surface area contributed by atoms with Crippen LogP contribution in [0.3, 0.4) is 0 Å². The van der Waals surface area contributed by atoms with Crippen LogP contribution in [0.4, 0.5) is 0 Å². The molecule has 1 saturated heterocycles. The van der Waals surface area contributed by atoms with Crippen molar-refractivity contribution >= 4 is 5.91 Å². The lowest BCUT2D eigenvalue weighted by atomic mass is 9.75. The molecule has 4 heteroatoms. The van der Waals surface area contributed by atoms with Crippen molar-refractivity contribution in [1.29, 1.82) is 0 Å². The monoisotopic (exact) mass is 240 g/mol. The van der Waals surface area contributed by atoms with Crippen LogP contribution in [0.15, 0.2) is 0 Å². The molecule has 2 aliphatic rings. The molecule has 4 nitrogen and oxygen atoms in total. The highest BCUT2D eigenvalue weighted by molar-refractivity contribution is 5.79. The van der Waals surface area contributed by atoms with Crippen molar-refractivity contribution in [2.75, 3.05) is 19.8 Å². The second kappa shape index (κ2) is 5.36. The van der Waals surface area contributed by atoms with Gasteiger partial charge < -0.3 is 15.8 Å². The van der Waals surface area contributed by atoms with E-state index in [-0.39, 0.29) is 23.3 Å². The van der Waals surface area contributed by atoms with Gasteiger partial charge in [-0.1, -0.05) is 26.2 Å². The molecule has 17 heavy (non-hydrogen) atoms. The number of amides is 1. The van der Waals surface area contributed by atoms with Crippen molar-refractivity contribution < 1.29 is 9.53 Å². The van der Waals surface area contributed by atoms with Crippen molar-refractivity contribution in [3.8, 4) is 0 Å². The van der Waals surface area contributed by atoms with E-state index in [9.17, 15) is 4.79 Å². The van der Waals surface area contributed by atoms with Gasteiger partial charge in [-0.15, -0.1) is 0 Å². The molecule has 0 aromatic rings. The molecule has 0 aromatic carbocycles. The number of hydrogen-bond acceptors (Lipinski definition) is 3. The summed E-state index contributed by atoms with van der Waals surface area (Å²) < 4.78 is 5.22. The maximum atomic E-state index is 12.0. The molecule has 2 rings (SSSR count). The average molecular weight is 240 g/mol. The molecule has 1 amide bonds. The summed E-state index contributed by atoms with van der Waals surface area (Å²) in [7, 11) is 0. The van der Waals surface area contributed by atoms with Crippen LogP contribution in [-0.2, 0) is 9.53 Å². The first-order valence-corrected chi connectivity index (χ1v) is 6.72. The molecule has 0 bridgehead atoms. The fourth-order valence-electron chi connectivity index (χ4n) is 2.85. The van der Waals surface area contributed by atoms with Crippen LogP contribution in [-0.4, -0.2) is 31.7 Å². The maximum absolute atomic E-state index is 12.0. The molecule has 1 heterocycles. The topological polar surface area (TPSA) is 64.3 Å². The zero-order valence-corrected chi connectivity index (χ0v) is 10.7. The molecule has 1 saturated carbocycles. The fraction of sp³-hybridized carbons (Fsp3) is 0.923. The van der Waals surface area contributed by atoms with E-state index in [2.05, 4.69) is 12.2 Å². The molecule has 2 fully saturated rings. The molecular weight excluding hydrogens is 216 g/mol. The van der Waals surface area contributed by atoms with Gasteiger partial charge in [-0.05, 0) is 18.3 Å². The zero-order chi connectivity index (χ0) is 12.3. The van der Waals surface area contributed by atoms with E-state index in [0.717, 1.165) is 6.54 Å². The summed E-state index contributed by atoms with van der Waals surface area (Å²) in [4.78, 5) is 12.0. The number of nitrogens with one attached hydrogen (secondary N) is 1. The van der Waals surface area contributed by atoms with E-state index >= 15 is 0 Å². The lowest BCUT2D eigenvalue weighted by Gasteiger charge is -2.34. The van der Waals surface area contributed by atoms with Crippen molar-refractivity contribution in [3.63, 3.8) is 0 Å².